The summed E-state index contributed by atoms with van der Waals surface area (Å²) in [7, 11) is 6.71. The lowest BCUT2D eigenvalue weighted by Crippen LogP contribution is -2.57. The summed E-state index contributed by atoms with van der Waals surface area (Å²) in [6.45, 7) is 4.52. The normalized spacial score (nSPS) is 17.6. The van der Waals surface area contributed by atoms with Crippen LogP contribution < -0.4 is 5.32 Å². The molecule has 2 rings (SSSR count). The minimum absolute atomic E-state index is 0.450. The first-order chi connectivity index (χ1) is 9.62. The lowest BCUT2D eigenvalue weighted by molar-refractivity contribution is 0.0282. The predicted molar refractivity (Wildman–Crippen MR) is 88.7 cm³/mol. The predicted octanol–water partition coefficient (Wildman–Crippen LogP) is 2.30. The van der Waals surface area contributed by atoms with Crippen molar-refractivity contribution in [2.45, 2.75) is 31.2 Å². The Morgan fingerprint density at radius 3 is 2.60 bits per heavy atom. The number of rotatable bonds is 9. The molecule has 0 bridgehead atoms. The van der Waals surface area contributed by atoms with E-state index in [4.69, 9.17) is 0 Å². The molecule has 1 N–H and O–H groups in total. The van der Waals surface area contributed by atoms with Gasteiger partial charge in [-0.25, -0.2) is 0 Å². The van der Waals surface area contributed by atoms with E-state index in [0.29, 0.717) is 5.54 Å². The van der Waals surface area contributed by atoms with E-state index in [2.05, 4.69) is 53.8 Å². The summed E-state index contributed by atoms with van der Waals surface area (Å²) in [4.78, 5) is 6.39. The minimum Gasteiger partial charge on any atom is -0.315 e. The summed E-state index contributed by atoms with van der Waals surface area (Å²) in [6, 6.07) is 4.35. The van der Waals surface area contributed by atoms with Crippen LogP contribution in [0.5, 0.6) is 0 Å². The second-order valence-electron chi connectivity index (χ2n) is 6.29. The quantitative estimate of drug-likeness (QED) is 0.705. The van der Waals surface area contributed by atoms with Gasteiger partial charge in [-0.1, -0.05) is 6.07 Å². The van der Waals surface area contributed by atoms with Gasteiger partial charge in [0.1, 0.15) is 0 Å². The fourth-order valence-corrected chi connectivity index (χ4v) is 3.68. The molecule has 0 atom stereocenters. The van der Waals surface area contributed by atoms with Gasteiger partial charge in [0, 0.05) is 36.6 Å². The highest BCUT2D eigenvalue weighted by Crippen LogP contribution is 2.36. The second-order valence-corrected chi connectivity index (χ2v) is 7.32. The van der Waals surface area contributed by atoms with Crippen LogP contribution in [0.2, 0.25) is 0 Å². The molecule has 1 aromatic rings. The second kappa shape index (κ2) is 7.55. The molecule has 0 aliphatic heterocycles. The van der Waals surface area contributed by atoms with Crippen molar-refractivity contribution >= 4 is 11.3 Å². The summed E-state index contributed by atoms with van der Waals surface area (Å²) in [5, 5.41) is 5.71. The van der Waals surface area contributed by atoms with Crippen LogP contribution in [-0.4, -0.2) is 62.7 Å². The van der Waals surface area contributed by atoms with Crippen LogP contribution in [0, 0.1) is 0 Å². The Morgan fingerprint density at radius 1 is 1.25 bits per heavy atom. The van der Waals surface area contributed by atoms with Crippen LogP contribution in [0.25, 0.3) is 0 Å². The number of nitrogens with zero attached hydrogens (tertiary/aromatic N) is 2. The van der Waals surface area contributed by atoms with Crippen molar-refractivity contribution in [1.29, 1.82) is 0 Å². The topological polar surface area (TPSA) is 18.5 Å². The van der Waals surface area contributed by atoms with E-state index < -0.39 is 0 Å². The molecule has 0 radical (unpaired) electrons. The molecule has 1 saturated carbocycles. The maximum atomic E-state index is 3.56. The van der Waals surface area contributed by atoms with Gasteiger partial charge in [-0.05, 0) is 58.3 Å². The van der Waals surface area contributed by atoms with E-state index in [1.807, 2.05) is 11.3 Å². The van der Waals surface area contributed by atoms with Crippen LogP contribution in [0.3, 0.4) is 0 Å². The molecule has 1 aliphatic rings. The van der Waals surface area contributed by atoms with E-state index >= 15 is 0 Å². The van der Waals surface area contributed by atoms with Crippen molar-refractivity contribution in [1.82, 2.24) is 15.1 Å². The van der Waals surface area contributed by atoms with Gasteiger partial charge >= 0.3 is 0 Å². The van der Waals surface area contributed by atoms with Crippen molar-refractivity contribution in [2.75, 3.05) is 47.3 Å². The number of hydrogen-bond acceptors (Lipinski definition) is 4. The Morgan fingerprint density at radius 2 is 2.05 bits per heavy atom. The highest BCUT2D eigenvalue weighted by atomic mass is 32.1. The van der Waals surface area contributed by atoms with Gasteiger partial charge < -0.3 is 15.1 Å². The molecular weight excluding hydrogens is 266 g/mol. The molecular formula is C16H29N3S. The maximum absolute atomic E-state index is 3.56. The average Bonchev–Trinajstić information content (AvgIpc) is 2.86. The third-order valence-corrected chi connectivity index (χ3v) is 5.53. The van der Waals surface area contributed by atoms with Gasteiger partial charge in [0.2, 0.25) is 0 Å². The molecule has 1 aliphatic carbocycles. The molecule has 1 aromatic heterocycles. The third kappa shape index (κ3) is 4.29. The van der Waals surface area contributed by atoms with Crippen LogP contribution in [-0.2, 0) is 6.42 Å². The van der Waals surface area contributed by atoms with E-state index in [-0.39, 0.29) is 0 Å². The van der Waals surface area contributed by atoms with Crippen LogP contribution in [0.15, 0.2) is 17.5 Å². The first-order valence-corrected chi connectivity index (χ1v) is 8.59. The summed E-state index contributed by atoms with van der Waals surface area (Å²) < 4.78 is 0. The Balaban J connectivity index is 1.57. The Hall–Kier alpha value is -0.420. The SMILES string of the molecule is CN(CCNCCc1cccs1)CC1(N(C)C)CCC1. The van der Waals surface area contributed by atoms with Gasteiger partial charge in [0.15, 0.2) is 0 Å². The first-order valence-electron chi connectivity index (χ1n) is 7.71. The third-order valence-electron chi connectivity index (χ3n) is 4.60. The zero-order chi connectivity index (χ0) is 14.4. The number of thiophene rings is 1. The molecule has 0 spiro atoms. The standard InChI is InChI=1S/C16H29N3S/c1-18(2)16(8-5-9-16)14-19(3)12-11-17-10-7-15-6-4-13-20-15/h4,6,13,17H,5,7-12,14H2,1-3H3. The largest absolute Gasteiger partial charge is 0.315 e. The van der Waals surface area contributed by atoms with Crippen molar-refractivity contribution in [3.8, 4) is 0 Å². The van der Waals surface area contributed by atoms with Gasteiger partial charge in [0.25, 0.3) is 0 Å². The van der Waals surface area contributed by atoms with Gasteiger partial charge in [-0.2, -0.15) is 0 Å². The molecule has 114 valence electrons. The lowest BCUT2D eigenvalue weighted by atomic mass is 9.75. The van der Waals surface area contributed by atoms with Crippen molar-refractivity contribution in [3.63, 3.8) is 0 Å². The average molecular weight is 295 g/mol. The lowest BCUT2D eigenvalue weighted by Gasteiger charge is -2.49. The molecule has 20 heavy (non-hydrogen) atoms. The monoisotopic (exact) mass is 295 g/mol. The molecule has 0 aromatic carbocycles. The van der Waals surface area contributed by atoms with E-state index in [1.54, 1.807) is 0 Å². The van der Waals surface area contributed by atoms with Crippen molar-refractivity contribution in [2.24, 2.45) is 0 Å². The van der Waals surface area contributed by atoms with Crippen LogP contribution in [0.4, 0.5) is 0 Å². The Bertz CT molecular complexity index is 371. The summed E-state index contributed by atoms with van der Waals surface area (Å²) in [5.41, 5.74) is 0.450. The van der Waals surface area contributed by atoms with E-state index in [0.717, 1.165) is 26.1 Å². The summed E-state index contributed by atoms with van der Waals surface area (Å²) in [5.74, 6) is 0. The highest BCUT2D eigenvalue weighted by molar-refractivity contribution is 7.09. The first kappa shape index (κ1) is 16.0. The zero-order valence-electron chi connectivity index (χ0n) is 13.2. The molecule has 0 unspecified atom stereocenters. The smallest absolute Gasteiger partial charge is 0.0330 e. The number of nitrogens with one attached hydrogen (secondary N) is 1. The van der Waals surface area contributed by atoms with Crippen LogP contribution >= 0.6 is 11.3 Å². The molecule has 1 heterocycles. The molecule has 0 amide bonds. The van der Waals surface area contributed by atoms with Gasteiger partial charge in [0.05, 0.1) is 0 Å². The fraction of sp³-hybridized carbons (Fsp3) is 0.750. The zero-order valence-corrected chi connectivity index (χ0v) is 14.0. The maximum Gasteiger partial charge on any atom is 0.0330 e. The number of likely N-dealkylation sites (N-methyl/N-ethyl adjacent to an activating group) is 2. The van der Waals surface area contributed by atoms with E-state index in [1.165, 1.54) is 30.7 Å². The minimum atomic E-state index is 0.450. The van der Waals surface area contributed by atoms with Crippen LogP contribution in [0.1, 0.15) is 24.1 Å². The summed E-state index contributed by atoms with van der Waals surface area (Å²) in [6.07, 6.45) is 5.26. The van der Waals surface area contributed by atoms with Gasteiger partial charge in [-0.3, -0.25) is 0 Å². The molecule has 1 fully saturated rings. The van der Waals surface area contributed by atoms with Crippen molar-refractivity contribution < 1.29 is 0 Å². The molecule has 4 heteroatoms. The summed E-state index contributed by atoms with van der Waals surface area (Å²) >= 11 is 1.85. The van der Waals surface area contributed by atoms with Gasteiger partial charge in [-0.15, -0.1) is 11.3 Å². The highest BCUT2D eigenvalue weighted by Gasteiger charge is 2.39. The van der Waals surface area contributed by atoms with Crippen molar-refractivity contribution in [3.05, 3.63) is 22.4 Å². The van der Waals surface area contributed by atoms with E-state index in [9.17, 15) is 0 Å². The molecule has 3 nitrogen and oxygen atoms in total. The molecule has 0 saturated heterocycles. The Labute approximate surface area is 128 Å². The fourth-order valence-electron chi connectivity index (χ4n) is 2.97. The Kier molecular flexibility index (Phi) is 6.02. The number of hydrogen-bond donors (Lipinski definition) is 1.